The number of benzene rings is 2. The zero-order chi connectivity index (χ0) is 24.6. The molecule has 7 nitrogen and oxygen atoms in total. The summed E-state index contributed by atoms with van der Waals surface area (Å²) in [6, 6.07) is 13.3. The number of hydrogen-bond acceptors (Lipinski definition) is 5. The van der Waals surface area contributed by atoms with E-state index in [4.69, 9.17) is 4.74 Å². The number of rotatable bonds is 11. The average Bonchev–Trinajstić information content (AvgIpc) is 2.82. The topological polar surface area (TPSA) is 87.7 Å². The minimum atomic E-state index is -4.25. The monoisotopic (exact) mass is 491 g/mol. The van der Waals surface area contributed by atoms with E-state index in [0.717, 1.165) is 31.1 Å². The Kier molecular flexibility index (Phi) is 9.58. The van der Waals surface area contributed by atoms with Crippen molar-refractivity contribution < 1.29 is 22.3 Å². The zero-order valence-corrected chi connectivity index (χ0v) is 20.6. The second-order valence-corrected chi connectivity index (χ2v) is 10.7. The Hall–Kier alpha value is -2.33. The van der Waals surface area contributed by atoms with Crippen molar-refractivity contribution in [3.8, 4) is 0 Å². The molecule has 0 saturated carbocycles. The van der Waals surface area contributed by atoms with E-state index in [1.54, 1.807) is 0 Å². The first kappa shape index (κ1) is 26.3. The number of amides is 1. The normalized spacial score (nSPS) is 16.8. The van der Waals surface area contributed by atoms with Gasteiger partial charge in [0, 0.05) is 25.7 Å². The molecule has 2 N–H and O–H groups in total. The maximum Gasteiger partial charge on any atom is 0.244 e. The van der Waals surface area contributed by atoms with Crippen LogP contribution in [0.15, 0.2) is 59.5 Å². The summed E-state index contributed by atoms with van der Waals surface area (Å²) in [6.07, 6.45) is 1.04. The Bertz CT molecular complexity index is 1030. The Morgan fingerprint density at radius 2 is 1.71 bits per heavy atom. The van der Waals surface area contributed by atoms with E-state index in [1.807, 2.05) is 30.3 Å². The Morgan fingerprint density at radius 1 is 1.06 bits per heavy atom. The summed E-state index contributed by atoms with van der Waals surface area (Å²) in [5.74, 6) is -0.867. The van der Waals surface area contributed by atoms with Crippen LogP contribution in [0.4, 0.5) is 4.39 Å². The minimum absolute atomic E-state index is 0.119. The predicted molar refractivity (Wildman–Crippen MR) is 129 cm³/mol. The van der Waals surface area contributed by atoms with Crippen molar-refractivity contribution in [2.24, 2.45) is 5.92 Å². The van der Waals surface area contributed by atoms with Crippen molar-refractivity contribution in [2.45, 2.75) is 43.7 Å². The van der Waals surface area contributed by atoms with Crippen LogP contribution in [-0.4, -0.2) is 64.2 Å². The maximum absolute atomic E-state index is 14.2. The summed E-state index contributed by atoms with van der Waals surface area (Å²) in [5.41, 5.74) is 0.797. The second kappa shape index (κ2) is 12.4. The Balaban J connectivity index is 1.76. The molecule has 2 aromatic rings. The van der Waals surface area contributed by atoms with Crippen LogP contribution < -0.4 is 10.0 Å². The molecule has 34 heavy (non-hydrogen) atoms. The maximum atomic E-state index is 14.2. The van der Waals surface area contributed by atoms with Crippen molar-refractivity contribution in [3.05, 3.63) is 66.0 Å². The lowest BCUT2D eigenvalue weighted by Crippen LogP contribution is -2.53. The summed E-state index contributed by atoms with van der Waals surface area (Å²) < 4.78 is 48.0. The third-order valence-corrected chi connectivity index (χ3v) is 7.35. The van der Waals surface area contributed by atoms with Gasteiger partial charge in [0.2, 0.25) is 15.9 Å². The standard InChI is InChI=1S/C25H34FN3O4S/c1-19(2)16-21(29-12-14-33-15-13-29)18-27-25(30)23(17-20-8-4-3-5-9-20)28-34(31,32)24-11-7-6-10-22(24)26/h3-11,19,21,23,28H,12-18H2,1-2H3,(H,27,30). The molecule has 0 bridgehead atoms. The van der Waals surface area contributed by atoms with E-state index < -0.39 is 32.7 Å². The van der Waals surface area contributed by atoms with E-state index in [2.05, 4.69) is 28.8 Å². The molecule has 3 rings (SSSR count). The second-order valence-electron chi connectivity index (χ2n) is 8.97. The summed E-state index contributed by atoms with van der Waals surface area (Å²) in [4.78, 5) is 15.1. The molecule has 1 fully saturated rings. The first-order valence-electron chi connectivity index (χ1n) is 11.7. The van der Waals surface area contributed by atoms with Crippen molar-refractivity contribution in [1.82, 2.24) is 14.9 Å². The van der Waals surface area contributed by atoms with Crippen LogP contribution in [0.2, 0.25) is 0 Å². The predicted octanol–water partition coefficient (Wildman–Crippen LogP) is 2.58. The van der Waals surface area contributed by atoms with E-state index in [9.17, 15) is 17.6 Å². The first-order valence-corrected chi connectivity index (χ1v) is 13.1. The van der Waals surface area contributed by atoms with E-state index in [0.29, 0.717) is 25.7 Å². The molecule has 0 aliphatic carbocycles. The fourth-order valence-electron chi connectivity index (χ4n) is 4.14. The minimum Gasteiger partial charge on any atom is -0.379 e. The molecule has 1 saturated heterocycles. The smallest absolute Gasteiger partial charge is 0.244 e. The average molecular weight is 492 g/mol. The van der Waals surface area contributed by atoms with Gasteiger partial charge in [0.15, 0.2) is 0 Å². The number of sulfonamides is 1. The molecule has 2 atom stereocenters. The molecule has 0 aromatic heterocycles. The van der Waals surface area contributed by atoms with Crippen LogP contribution in [0, 0.1) is 11.7 Å². The van der Waals surface area contributed by atoms with Crippen LogP contribution in [0.1, 0.15) is 25.8 Å². The molecular formula is C25H34FN3O4S. The van der Waals surface area contributed by atoms with Crippen molar-refractivity contribution in [3.63, 3.8) is 0 Å². The third kappa shape index (κ3) is 7.59. The fraction of sp³-hybridized carbons (Fsp3) is 0.480. The molecular weight excluding hydrogens is 457 g/mol. The van der Waals surface area contributed by atoms with Crippen molar-refractivity contribution in [1.29, 1.82) is 0 Å². The number of ether oxygens (including phenoxy) is 1. The van der Waals surface area contributed by atoms with Gasteiger partial charge in [0.1, 0.15) is 16.8 Å². The highest BCUT2D eigenvalue weighted by Crippen LogP contribution is 2.16. The van der Waals surface area contributed by atoms with Crippen LogP contribution in [0.3, 0.4) is 0 Å². The molecule has 186 valence electrons. The SMILES string of the molecule is CC(C)CC(CNC(=O)C(Cc1ccccc1)NS(=O)(=O)c1ccccc1F)N1CCOCC1. The van der Waals surface area contributed by atoms with Crippen LogP contribution >= 0.6 is 0 Å². The number of hydrogen-bond donors (Lipinski definition) is 2. The van der Waals surface area contributed by atoms with Gasteiger partial charge in [-0.1, -0.05) is 56.3 Å². The summed E-state index contributed by atoms with van der Waals surface area (Å²) >= 11 is 0. The van der Waals surface area contributed by atoms with Crippen LogP contribution in [0.25, 0.3) is 0 Å². The largest absolute Gasteiger partial charge is 0.379 e. The summed E-state index contributed by atoms with van der Waals surface area (Å²) in [7, 11) is -4.25. The van der Waals surface area contributed by atoms with Gasteiger partial charge in [0.05, 0.1) is 13.2 Å². The van der Waals surface area contributed by atoms with E-state index in [-0.39, 0.29) is 12.5 Å². The molecule has 0 spiro atoms. The highest BCUT2D eigenvalue weighted by molar-refractivity contribution is 7.89. The lowest BCUT2D eigenvalue weighted by Gasteiger charge is -2.35. The summed E-state index contributed by atoms with van der Waals surface area (Å²) in [6.45, 7) is 7.56. The first-order chi connectivity index (χ1) is 16.3. The van der Waals surface area contributed by atoms with Crippen LogP contribution in [-0.2, 0) is 26.0 Å². The van der Waals surface area contributed by atoms with Gasteiger partial charge in [-0.15, -0.1) is 0 Å². The van der Waals surface area contributed by atoms with Gasteiger partial charge >= 0.3 is 0 Å². The Labute approximate surface area is 201 Å². The molecule has 1 aliphatic rings. The number of carbonyl (C=O) groups is 1. The molecule has 2 unspecified atom stereocenters. The molecule has 2 aromatic carbocycles. The van der Waals surface area contributed by atoms with E-state index >= 15 is 0 Å². The van der Waals surface area contributed by atoms with Gasteiger partial charge in [-0.3, -0.25) is 9.69 Å². The molecule has 0 radical (unpaired) electrons. The van der Waals surface area contributed by atoms with Gasteiger partial charge in [-0.2, -0.15) is 4.72 Å². The fourth-order valence-corrected chi connectivity index (χ4v) is 5.42. The molecule has 1 aliphatic heterocycles. The van der Waals surface area contributed by atoms with Gasteiger partial charge < -0.3 is 10.1 Å². The molecule has 9 heteroatoms. The van der Waals surface area contributed by atoms with Crippen LogP contribution in [0.5, 0.6) is 0 Å². The molecule has 1 heterocycles. The lowest BCUT2D eigenvalue weighted by molar-refractivity contribution is -0.123. The Morgan fingerprint density at radius 3 is 2.35 bits per heavy atom. The van der Waals surface area contributed by atoms with Gasteiger partial charge in [-0.25, -0.2) is 12.8 Å². The van der Waals surface area contributed by atoms with E-state index in [1.165, 1.54) is 18.2 Å². The zero-order valence-electron chi connectivity index (χ0n) is 19.7. The number of nitrogens with one attached hydrogen (secondary N) is 2. The van der Waals surface area contributed by atoms with Gasteiger partial charge in [-0.05, 0) is 36.5 Å². The number of halogens is 1. The third-order valence-electron chi connectivity index (χ3n) is 5.84. The number of nitrogens with zero attached hydrogens (tertiary/aromatic N) is 1. The molecule has 1 amide bonds. The number of morpholine rings is 1. The highest BCUT2D eigenvalue weighted by atomic mass is 32.2. The summed E-state index contributed by atoms with van der Waals surface area (Å²) in [5, 5.41) is 2.95. The number of carbonyl (C=O) groups excluding carboxylic acids is 1. The lowest BCUT2D eigenvalue weighted by atomic mass is 10.0. The van der Waals surface area contributed by atoms with Crippen molar-refractivity contribution in [2.75, 3.05) is 32.8 Å². The van der Waals surface area contributed by atoms with Crippen molar-refractivity contribution >= 4 is 15.9 Å². The quantitative estimate of drug-likeness (QED) is 0.505. The highest BCUT2D eigenvalue weighted by Gasteiger charge is 2.29. The van der Waals surface area contributed by atoms with Gasteiger partial charge in [0.25, 0.3) is 0 Å².